The first-order valence-electron chi connectivity index (χ1n) is 5.25. The van der Waals surface area contributed by atoms with E-state index in [0.717, 1.165) is 0 Å². The molecule has 4 heteroatoms. The average Bonchev–Trinajstić information content (AvgIpc) is 2.21. The molecule has 0 aliphatic rings. The van der Waals surface area contributed by atoms with Crippen LogP contribution in [-0.2, 0) is 4.74 Å². The Kier molecular flexibility index (Phi) is 5.19. The predicted molar refractivity (Wildman–Crippen MR) is 62.1 cm³/mol. The predicted octanol–water partition coefficient (Wildman–Crippen LogP) is 3.33. The van der Waals surface area contributed by atoms with Gasteiger partial charge in [-0.3, -0.25) is 0 Å². The van der Waals surface area contributed by atoms with Gasteiger partial charge in [-0.05, 0) is 31.5 Å². The molecule has 0 saturated heterocycles. The second-order valence-electron chi connectivity index (χ2n) is 3.90. The summed E-state index contributed by atoms with van der Waals surface area (Å²) in [4.78, 5) is 0. The third kappa shape index (κ3) is 4.08. The molecule has 0 fully saturated rings. The third-order valence-corrected chi connectivity index (χ3v) is 2.46. The van der Waals surface area contributed by atoms with Crippen LogP contribution in [-0.4, -0.2) is 17.8 Å². The number of halogens is 2. The van der Waals surface area contributed by atoms with Crippen molar-refractivity contribution >= 4 is 11.6 Å². The van der Waals surface area contributed by atoms with Gasteiger partial charge in [-0.1, -0.05) is 17.7 Å². The van der Waals surface area contributed by atoms with Gasteiger partial charge >= 0.3 is 0 Å². The number of hydrogen-bond donors (Lipinski definition) is 1. The summed E-state index contributed by atoms with van der Waals surface area (Å²) in [6.45, 7) is 4.33. The number of ether oxygens (including phenoxy) is 1. The molecule has 1 aromatic carbocycles. The highest BCUT2D eigenvalue weighted by Crippen LogP contribution is 2.22. The zero-order chi connectivity index (χ0) is 12.1. The summed E-state index contributed by atoms with van der Waals surface area (Å²) in [5, 5.41) is 9.82. The van der Waals surface area contributed by atoms with Crippen LogP contribution in [0.2, 0.25) is 5.02 Å². The lowest BCUT2D eigenvalue weighted by molar-refractivity contribution is 0.0465. The van der Waals surface area contributed by atoms with E-state index in [4.69, 9.17) is 16.3 Å². The molecule has 16 heavy (non-hydrogen) atoms. The molecule has 90 valence electrons. The van der Waals surface area contributed by atoms with Crippen LogP contribution in [0.25, 0.3) is 0 Å². The highest BCUT2D eigenvalue weighted by Gasteiger charge is 2.10. The van der Waals surface area contributed by atoms with Crippen molar-refractivity contribution in [3.63, 3.8) is 0 Å². The summed E-state index contributed by atoms with van der Waals surface area (Å²) >= 11 is 5.63. The summed E-state index contributed by atoms with van der Waals surface area (Å²) in [6, 6.07) is 4.22. The smallest absolute Gasteiger partial charge is 0.141 e. The molecule has 0 aliphatic carbocycles. The minimum Gasteiger partial charge on any atom is -0.388 e. The molecule has 0 bridgehead atoms. The number of benzene rings is 1. The Morgan fingerprint density at radius 1 is 1.44 bits per heavy atom. The lowest BCUT2D eigenvalue weighted by atomic mass is 10.1. The fraction of sp³-hybridized carbons (Fsp3) is 0.500. The van der Waals surface area contributed by atoms with E-state index in [1.807, 2.05) is 13.8 Å². The molecule has 0 aromatic heterocycles. The van der Waals surface area contributed by atoms with Gasteiger partial charge in [0.25, 0.3) is 0 Å². The highest BCUT2D eigenvalue weighted by atomic mass is 35.5. The lowest BCUT2D eigenvalue weighted by Gasteiger charge is -2.13. The maximum absolute atomic E-state index is 12.9. The van der Waals surface area contributed by atoms with Gasteiger partial charge in [0, 0.05) is 13.0 Å². The van der Waals surface area contributed by atoms with Gasteiger partial charge in [-0.2, -0.15) is 0 Å². The maximum Gasteiger partial charge on any atom is 0.141 e. The fourth-order valence-corrected chi connectivity index (χ4v) is 1.49. The molecule has 1 rings (SSSR count). The second-order valence-corrected chi connectivity index (χ2v) is 4.30. The molecule has 1 unspecified atom stereocenters. The van der Waals surface area contributed by atoms with Crippen LogP contribution < -0.4 is 0 Å². The molecular weight excluding hydrogens is 231 g/mol. The van der Waals surface area contributed by atoms with Crippen molar-refractivity contribution in [2.24, 2.45) is 0 Å². The molecule has 2 nitrogen and oxygen atoms in total. The summed E-state index contributed by atoms with van der Waals surface area (Å²) < 4.78 is 18.2. The van der Waals surface area contributed by atoms with Crippen molar-refractivity contribution < 1.29 is 14.2 Å². The van der Waals surface area contributed by atoms with Gasteiger partial charge in [-0.15, -0.1) is 0 Å². The van der Waals surface area contributed by atoms with Crippen molar-refractivity contribution in [3.8, 4) is 0 Å². The highest BCUT2D eigenvalue weighted by molar-refractivity contribution is 6.30. The van der Waals surface area contributed by atoms with Gasteiger partial charge in [0.2, 0.25) is 0 Å². The van der Waals surface area contributed by atoms with Crippen LogP contribution in [0.3, 0.4) is 0 Å². The summed E-state index contributed by atoms with van der Waals surface area (Å²) in [5.41, 5.74) is 0.610. The monoisotopic (exact) mass is 246 g/mol. The first kappa shape index (κ1) is 13.4. The maximum atomic E-state index is 12.9. The molecule has 0 spiro atoms. The second kappa shape index (κ2) is 6.18. The van der Waals surface area contributed by atoms with Crippen molar-refractivity contribution in [1.82, 2.24) is 0 Å². The Morgan fingerprint density at radius 3 is 2.69 bits per heavy atom. The number of aliphatic hydroxyl groups excluding tert-OH is 1. The van der Waals surface area contributed by atoms with Crippen molar-refractivity contribution in [1.29, 1.82) is 0 Å². The molecule has 1 atom stereocenters. The molecule has 0 radical (unpaired) electrons. The largest absolute Gasteiger partial charge is 0.388 e. The molecule has 0 amide bonds. The first-order chi connectivity index (χ1) is 7.50. The van der Waals surface area contributed by atoms with E-state index in [-0.39, 0.29) is 11.1 Å². The molecule has 0 heterocycles. The van der Waals surface area contributed by atoms with Crippen LogP contribution in [0.4, 0.5) is 4.39 Å². The van der Waals surface area contributed by atoms with Crippen LogP contribution >= 0.6 is 11.6 Å². The van der Waals surface area contributed by atoms with Crippen LogP contribution in [0, 0.1) is 5.82 Å². The normalized spacial score (nSPS) is 13.1. The zero-order valence-electron chi connectivity index (χ0n) is 9.41. The van der Waals surface area contributed by atoms with Crippen molar-refractivity contribution in [3.05, 3.63) is 34.6 Å². The Morgan fingerprint density at radius 2 is 2.12 bits per heavy atom. The van der Waals surface area contributed by atoms with Crippen LogP contribution in [0.1, 0.15) is 31.9 Å². The molecule has 0 aliphatic heterocycles. The molecule has 1 aromatic rings. The number of hydrogen-bond acceptors (Lipinski definition) is 2. The van der Waals surface area contributed by atoms with Gasteiger partial charge in [0.15, 0.2) is 0 Å². The summed E-state index contributed by atoms with van der Waals surface area (Å²) in [6.07, 6.45) is -0.0546. The van der Waals surface area contributed by atoms with E-state index in [1.165, 1.54) is 18.2 Å². The minimum atomic E-state index is -0.670. The Balaban J connectivity index is 2.52. The summed E-state index contributed by atoms with van der Waals surface area (Å²) in [5.74, 6) is -0.476. The average molecular weight is 247 g/mol. The standard InChI is InChI=1S/C12H16ClFO2/c1-8(2)16-6-5-12(15)9-3-4-11(14)10(13)7-9/h3-4,7-8,12,15H,5-6H2,1-2H3. The first-order valence-corrected chi connectivity index (χ1v) is 5.63. The van der Waals surface area contributed by atoms with Gasteiger partial charge in [-0.25, -0.2) is 4.39 Å². The minimum absolute atomic E-state index is 0.0290. The van der Waals surface area contributed by atoms with E-state index < -0.39 is 11.9 Å². The summed E-state index contributed by atoms with van der Waals surface area (Å²) in [7, 11) is 0. The van der Waals surface area contributed by atoms with E-state index in [2.05, 4.69) is 0 Å². The van der Waals surface area contributed by atoms with E-state index in [0.29, 0.717) is 18.6 Å². The zero-order valence-corrected chi connectivity index (χ0v) is 10.2. The Hall–Kier alpha value is -0.640. The van der Waals surface area contributed by atoms with E-state index in [1.54, 1.807) is 0 Å². The molecular formula is C12H16ClFO2. The van der Waals surface area contributed by atoms with Crippen molar-refractivity contribution in [2.75, 3.05) is 6.61 Å². The molecule has 0 saturated carbocycles. The number of aliphatic hydroxyl groups is 1. The van der Waals surface area contributed by atoms with E-state index in [9.17, 15) is 9.50 Å². The van der Waals surface area contributed by atoms with Crippen molar-refractivity contribution in [2.45, 2.75) is 32.5 Å². The van der Waals surface area contributed by atoms with Crippen LogP contribution in [0.15, 0.2) is 18.2 Å². The van der Waals surface area contributed by atoms with Gasteiger partial charge in [0.1, 0.15) is 5.82 Å². The van der Waals surface area contributed by atoms with Gasteiger partial charge < -0.3 is 9.84 Å². The molecule has 1 N–H and O–H groups in total. The quantitative estimate of drug-likeness (QED) is 0.864. The SMILES string of the molecule is CC(C)OCCC(O)c1ccc(F)c(Cl)c1. The number of rotatable bonds is 5. The fourth-order valence-electron chi connectivity index (χ4n) is 1.30. The third-order valence-electron chi connectivity index (χ3n) is 2.17. The Labute approximate surface area is 100.0 Å². The van der Waals surface area contributed by atoms with Gasteiger partial charge in [0.05, 0.1) is 17.2 Å². The topological polar surface area (TPSA) is 29.5 Å². The lowest BCUT2D eigenvalue weighted by Crippen LogP contribution is -2.08. The van der Waals surface area contributed by atoms with E-state index >= 15 is 0 Å². The Bertz CT molecular complexity index is 342. The van der Waals surface area contributed by atoms with Crippen LogP contribution in [0.5, 0.6) is 0 Å².